The van der Waals surface area contributed by atoms with Crippen molar-refractivity contribution in [2.24, 2.45) is 23.5 Å². The molecule has 0 spiro atoms. The molecule has 0 aliphatic heterocycles. The minimum Gasteiger partial charge on any atom is -0.674 e. The van der Waals surface area contributed by atoms with Crippen LogP contribution < -0.4 is 5.73 Å². The summed E-state index contributed by atoms with van der Waals surface area (Å²) in [7, 11) is 1.42. The second-order valence-electron chi connectivity index (χ2n) is 5.12. The van der Waals surface area contributed by atoms with Crippen LogP contribution in [0.1, 0.15) is 39.5 Å². The van der Waals surface area contributed by atoms with Crippen molar-refractivity contribution in [3.8, 4) is 0 Å². The van der Waals surface area contributed by atoms with Crippen molar-refractivity contribution in [3.63, 3.8) is 0 Å². The van der Waals surface area contributed by atoms with Crippen molar-refractivity contribution in [3.05, 3.63) is 5.73 Å². The van der Waals surface area contributed by atoms with E-state index in [0.29, 0.717) is 12.3 Å². The van der Waals surface area contributed by atoms with Crippen LogP contribution >= 0.6 is 0 Å². The fraction of sp³-hybridized carbons (Fsp3) is 0.923. The molecule has 103 valence electrons. The zero-order valence-corrected chi connectivity index (χ0v) is 16.4. The summed E-state index contributed by atoms with van der Waals surface area (Å²) >= 11 is 0. The molecule has 18 heavy (non-hydrogen) atoms. The van der Waals surface area contributed by atoms with E-state index in [4.69, 9.17) is 16.2 Å². The molecule has 1 fully saturated rings. The van der Waals surface area contributed by atoms with Gasteiger partial charge in [0.05, 0.1) is 13.0 Å². The number of methoxy groups -OCH3 is 1. The fourth-order valence-corrected chi connectivity index (χ4v) is 3.02. The maximum absolute atomic E-state index is 11.5. The molecule has 1 aliphatic rings. The molecule has 3 N–H and O–H groups in total. The Morgan fingerprint density at radius 3 is 2.39 bits per heavy atom. The summed E-state index contributed by atoms with van der Waals surface area (Å²) in [5.74, 6) is 0.272. The summed E-state index contributed by atoms with van der Waals surface area (Å²) in [4.78, 5) is 11.5. The summed E-state index contributed by atoms with van der Waals surface area (Å²) in [5, 5.41) is 0. The maximum atomic E-state index is 11.5. The number of nitrogens with one attached hydrogen (secondary N) is 1. The van der Waals surface area contributed by atoms with Gasteiger partial charge in [0, 0.05) is 50.1 Å². The Morgan fingerprint density at radius 2 is 1.94 bits per heavy atom. The number of carbonyl (C=O) groups is 1. The van der Waals surface area contributed by atoms with E-state index in [2.05, 4.69) is 13.8 Å². The van der Waals surface area contributed by atoms with E-state index in [-0.39, 0.29) is 74.0 Å². The van der Waals surface area contributed by atoms with Crippen LogP contribution in [0.25, 0.3) is 5.73 Å². The Labute approximate surface area is 146 Å². The molecule has 0 heterocycles. The van der Waals surface area contributed by atoms with E-state index in [1.807, 2.05) is 0 Å². The molecule has 1 radical (unpaired) electrons. The average molecular weight is 468 g/mol. The van der Waals surface area contributed by atoms with Gasteiger partial charge in [-0.15, -0.1) is 6.04 Å². The molecular weight excluding hydrogens is 443 g/mol. The molecule has 0 bridgehead atoms. The molecular formula is C13H25AcN2O2-. The van der Waals surface area contributed by atoms with E-state index >= 15 is 0 Å². The number of carbonyl (C=O) groups excluding carboxylic acids is 1. The Bertz CT molecular complexity index is 259. The maximum Gasteiger partial charge on any atom is 0.308 e. The minimum absolute atomic E-state index is 0. The van der Waals surface area contributed by atoms with Gasteiger partial charge in [-0.2, -0.15) is 0 Å². The normalized spacial score (nSPS) is 28.9. The largest absolute Gasteiger partial charge is 0.674 e. The number of nitrogens with two attached hydrogens (primary N) is 1. The average Bonchev–Trinajstić information content (AvgIpc) is 2.71. The summed E-state index contributed by atoms with van der Waals surface area (Å²) < 4.78 is 4.77. The molecule has 4 atom stereocenters. The van der Waals surface area contributed by atoms with Gasteiger partial charge < -0.3 is 16.2 Å². The standard InChI is InChI=1S/C13H25N2O2.Ac/c1-4-8(5-2)12(15)10-6-9(7-11(10)14)13(16)17-3;/h8-12,15H,4-7,14H2,1-3H3;/q-1;. The monoisotopic (exact) mass is 468 g/mol. The van der Waals surface area contributed by atoms with E-state index in [0.717, 1.165) is 19.3 Å². The number of hydrogen-bond donors (Lipinski definition) is 1. The van der Waals surface area contributed by atoms with Gasteiger partial charge in [-0.3, -0.25) is 4.79 Å². The first-order valence-corrected chi connectivity index (χ1v) is 6.59. The molecule has 0 aromatic carbocycles. The molecule has 1 saturated carbocycles. The zero-order valence-electron chi connectivity index (χ0n) is 11.7. The summed E-state index contributed by atoms with van der Waals surface area (Å²) in [6.45, 7) is 4.24. The Hall–Kier alpha value is 0.832. The van der Waals surface area contributed by atoms with Crippen molar-refractivity contribution in [1.29, 1.82) is 0 Å². The molecule has 0 aromatic rings. The van der Waals surface area contributed by atoms with Crippen LogP contribution in [-0.2, 0) is 9.53 Å². The van der Waals surface area contributed by atoms with Crippen LogP contribution in [0, 0.1) is 61.8 Å². The van der Waals surface area contributed by atoms with Gasteiger partial charge >= 0.3 is 5.97 Å². The summed E-state index contributed by atoms with van der Waals surface area (Å²) in [5.41, 5.74) is 14.4. The van der Waals surface area contributed by atoms with Crippen molar-refractivity contribution in [2.75, 3.05) is 7.11 Å². The van der Waals surface area contributed by atoms with E-state index < -0.39 is 0 Å². The smallest absolute Gasteiger partial charge is 0.308 e. The van der Waals surface area contributed by atoms with Gasteiger partial charge in [0.25, 0.3) is 0 Å². The summed E-state index contributed by atoms with van der Waals surface area (Å²) in [6, 6.07) is -0.170. The van der Waals surface area contributed by atoms with Gasteiger partial charge in [0.15, 0.2) is 0 Å². The van der Waals surface area contributed by atoms with E-state index in [1.54, 1.807) is 0 Å². The Kier molecular flexibility index (Phi) is 9.31. The van der Waals surface area contributed by atoms with Crippen molar-refractivity contribution in [2.45, 2.75) is 51.6 Å². The van der Waals surface area contributed by atoms with Crippen LogP contribution in [-0.4, -0.2) is 25.2 Å². The fourth-order valence-electron chi connectivity index (χ4n) is 3.02. The number of rotatable bonds is 5. The number of hydrogen-bond acceptors (Lipinski definition) is 3. The molecule has 0 saturated heterocycles. The van der Waals surface area contributed by atoms with Crippen LogP contribution in [0.15, 0.2) is 0 Å². The van der Waals surface area contributed by atoms with Gasteiger partial charge in [-0.1, -0.05) is 32.6 Å². The predicted molar refractivity (Wildman–Crippen MR) is 68.4 cm³/mol. The molecule has 0 aromatic heterocycles. The second-order valence-corrected chi connectivity index (χ2v) is 5.12. The topological polar surface area (TPSA) is 76.1 Å². The third-order valence-corrected chi connectivity index (χ3v) is 4.22. The molecule has 5 heteroatoms. The second kappa shape index (κ2) is 8.89. The Balaban J connectivity index is 0.00000289. The third-order valence-electron chi connectivity index (χ3n) is 4.22. The molecule has 1 rings (SSSR count). The van der Waals surface area contributed by atoms with Crippen molar-refractivity contribution >= 4 is 5.97 Å². The van der Waals surface area contributed by atoms with Crippen molar-refractivity contribution in [1.82, 2.24) is 0 Å². The van der Waals surface area contributed by atoms with Gasteiger partial charge in [-0.25, -0.2) is 0 Å². The first-order valence-electron chi connectivity index (χ1n) is 6.59. The summed E-state index contributed by atoms with van der Waals surface area (Å²) in [6.07, 6.45) is 3.42. The number of ether oxygens (including phenoxy) is 1. The molecule has 1 aliphatic carbocycles. The van der Waals surface area contributed by atoms with Crippen molar-refractivity contribution < 1.29 is 53.6 Å². The number of esters is 1. The SMILES string of the molecule is CCC(CC)C([NH-])C1CC(C(=O)OC)CC1N.[Ac]. The third kappa shape index (κ3) is 4.44. The first kappa shape index (κ1) is 18.8. The zero-order chi connectivity index (χ0) is 13.0. The molecule has 4 nitrogen and oxygen atoms in total. The van der Waals surface area contributed by atoms with E-state index in [9.17, 15) is 4.79 Å². The molecule has 4 unspecified atom stereocenters. The van der Waals surface area contributed by atoms with E-state index in [1.165, 1.54) is 7.11 Å². The quantitative estimate of drug-likeness (QED) is 0.630. The molecule has 0 amide bonds. The predicted octanol–water partition coefficient (Wildman–Crippen LogP) is 2.37. The van der Waals surface area contributed by atoms with Gasteiger partial charge in [0.2, 0.25) is 0 Å². The Morgan fingerprint density at radius 1 is 1.39 bits per heavy atom. The van der Waals surface area contributed by atoms with Crippen LogP contribution in [0.2, 0.25) is 0 Å². The minimum atomic E-state index is -0.167. The van der Waals surface area contributed by atoms with Crippen LogP contribution in [0.4, 0.5) is 0 Å². The van der Waals surface area contributed by atoms with Gasteiger partial charge in [0.1, 0.15) is 0 Å². The first-order chi connectivity index (χ1) is 8.04. The van der Waals surface area contributed by atoms with Crippen LogP contribution in [0.3, 0.4) is 0 Å². The van der Waals surface area contributed by atoms with Crippen LogP contribution in [0.5, 0.6) is 0 Å². The van der Waals surface area contributed by atoms with Gasteiger partial charge in [-0.05, 0) is 18.8 Å².